The molecule has 0 aliphatic carbocycles. The van der Waals surface area contributed by atoms with Gasteiger partial charge in [0.1, 0.15) is 0 Å². The van der Waals surface area contributed by atoms with Gasteiger partial charge in [-0.2, -0.15) is 0 Å². The second kappa shape index (κ2) is 3.75. The van der Waals surface area contributed by atoms with Gasteiger partial charge in [-0.05, 0) is 24.2 Å². The molecule has 0 saturated carbocycles. The topological polar surface area (TPSA) is 32.3 Å². The number of nitrogens with one attached hydrogen (secondary N) is 1. The van der Waals surface area contributed by atoms with Gasteiger partial charge in [0.2, 0.25) is 0 Å². The first-order valence-electron chi connectivity index (χ1n) is 4.89. The number of hydrogen-bond acceptors (Lipinski definition) is 2. The third-order valence-corrected chi connectivity index (χ3v) is 2.84. The van der Waals surface area contributed by atoms with E-state index in [1.807, 2.05) is 0 Å². The van der Waals surface area contributed by atoms with Crippen LogP contribution in [0.25, 0.3) is 0 Å². The third kappa shape index (κ3) is 2.46. The van der Waals surface area contributed by atoms with Crippen LogP contribution < -0.4 is 5.32 Å². The zero-order valence-corrected chi connectivity index (χ0v) is 8.43. The van der Waals surface area contributed by atoms with Gasteiger partial charge in [-0.1, -0.05) is 20.8 Å². The summed E-state index contributed by atoms with van der Waals surface area (Å²) in [6, 6.07) is 0.531. The molecule has 0 aromatic carbocycles. The molecule has 1 aliphatic heterocycles. The Morgan fingerprint density at radius 2 is 2.17 bits per heavy atom. The minimum absolute atomic E-state index is 0.308. The molecule has 72 valence electrons. The van der Waals surface area contributed by atoms with Crippen LogP contribution in [0.3, 0.4) is 0 Å². The molecule has 1 saturated heterocycles. The first kappa shape index (κ1) is 10.0. The van der Waals surface area contributed by atoms with E-state index in [0.29, 0.717) is 24.0 Å². The zero-order valence-electron chi connectivity index (χ0n) is 8.43. The summed E-state index contributed by atoms with van der Waals surface area (Å²) >= 11 is 0. The Morgan fingerprint density at radius 1 is 1.50 bits per heavy atom. The molecule has 0 amide bonds. The maximum atomic E-state index is 8.83. The number of aliphatic hydroxyl groups excluding tert-OH is 1. The Kier molecular flexibility index (Phi) is 3.13. The van der Waals surface area contributed by atoms with E-state index in [4.69, 9.17) is 5.11 Å². The van der Waals surface area contributed by atoms with Crippen molar-refractivity contribution in [3.63, 3.8) is 0 Å². The molecule has 2 heteroatoms. The zero-order chi connectivity index (χ0) is 9.19. The monoisotopic (exact) mass is 171 g/mol. The molecular formula is C10H21NO. The van der Waals surface area contributed by atoms with E-state index in [2.05, 4.69) is 26.1 Å². The van der Waals surface area contributed by atoms with E-state index >= 15 is 0 Å². The highest BCUT2D eigenvalue weighted by Crippen LogP contribution is 2.31. The Labute approximate surface area is 75.4 Å². The van der Waals surface area contributed by atoms with E-state index in [9.17, 15) is 0 Å². The minimum atomic E-state index is 0.308. The lowest BCUT2D eigenvalue weighted by atomic mass is 9.76. The van der Waals surface area contributed by atoms with Crippen molar-refractivity contribution in [2.24, 2.45) is 11.3 Å². The fraction of sp³-hybridized carbons (Fsp3) is 1.00. The largest absolute Gasteiger partial charge is 0.396 e. The highest BCUT2D eigenvalue weighted by atomic mass is 16.3. The van der Waals surface area contributed by atoms with Crippen LogP contribution in [0.2, 0.25) is 0 Å². The molecule has 0 spiro atoms. The molecule has 2 unspecified atom stereocenters. The first-order valence-corrected chi connectivity index (χ1v) is 4.89. The summed E-state index contributed by atoms with van der Waals surface area (Å²) < 4.78 is 0. The summed E-state index contributed by atoms with van der Waals surface area (Å²) in [4.78, 5) is 0. The standard InChI is InChI=1S/C10H21NO/c1-8-6-10(2,3)7-11-9(8)4-5-12/h8-9,11-12H,4-7H2,1-3H3. The van der Waals surface area contributed by atoms with E-state index in [0.717, 1.165) is 13.0 Å². The van der Waals surface area contributed by atoms with Gasteiger partial charge in [-0.25, -0.2) is 0 Å². The number of aliphatic hydroxyl groups is 1. The lowest BCUT2D eigenvalue weighted by molar-refractivity contribution is 0.139. The number of rotatable bonds is 2. The Morgan fingerprint density at radius 3 is 2.67 bits per heavy atom. The van der Waals surface area contributed by atoms with Crippen LogP contribution in [0, 0.1) is 11.3 Å². The molecule has 0 aromatic rings. The van der Waals surface area contributed by atoms with Gasteiger partial charge in [0.15, 0.2) is 0 Å². The lowest BCUT2D eigenvalue weighted by Gasteiger charge is -2.40. The normalized spacial score (nSPS) is 35.0. The lowest BCUT2D eigenvalue weighted by Crippen LogP contribution is -2.48. The van der Waals surface area contributed by atoms with Crippen molar-refractivity contribution in [1.29, 1.82) is 0 Å². The fourth-order valence-corrected chi connectivity index (χ4v) is 2.22. The maximum Gasteiger partial charge on any atom is 0.0445 e. The van der Waals surface area contributed by atoms with Gasteiger partial charge < -0.3 is 10.4 Å². The van der Waals surface area contributed by atoms with Crippen LogP contribution in [0.5, 0.6) is 0 Å². The maximum absolute atomic E-state index is 8.83. The van der Waals surface area contributed by atoms with Gasteiger partial charge in [0.05, 0.1) is 0 Å². The SMILES string of the molecule is CC1CC(C)(C)CNC1CCO. The molecule has 1 fully saturated rings. The molecule has 2 atom stereocenters. The summed E-state index contributed by atoms with van der Waals surface area (Å²) in [5.41, 5.74) is 0.436. The van der Waals surface area contributed by atoms with Crippen LogP contribution in [0.15, 0.2) is 0 Å². The molecule has 0 radical (unpaired) electrons. The minimum Gasteiger partial charge on any atom is -0.396 e. The molecule has 12 heavy (non-hydrogen) atoms. The fourth-order valence-electron chi connectivity index (χ4n) is 2.22. The van der Waals surface area contributed by atoms with E-state index in [1.165, 1.54) is 6.42 Å². The van der Waals surface area contributed by atoms with Crippen LogP contribution in [0.4, 0.5) is 0 Å². The molecule has 2 N–H and O–H groups in total. The predicted octanol–water partition coefficient (Wildman–Crippen LogP) is 1.39. The van der Waals surface area contributed by atoms with Crippen molar-refractivity contribution in [3.05, 3.63) is 0 Å². The summed E-state index contributed by atoms with van der Waals surface area (Å²) in [5.74, 6) is 0.695. The quantitative estimate of drug-likeness (QED) is 0.658. The second-order valence-electron chi connectivity index (χ2n) is 4.85. The molecule has 0 bridgehead atoms. The van der Waals surface area contributed by atoms with Crippen LogP contribution in [-0.2, 0) is 0 Å². The molecule has 1 heterocycles. The van der Waals surface area contributed by atoms with Crippen molar-refractivity contribution in [1.82, 2.24) is 5.32 Å². The summed E-state index contributed by atoms with van der Waals surface area (Å²) in [6.07, 6.45) is 2.17. The van der Waals surface area contributed by atoms with Crippen molar-refractivity contribution in [2.75, 3.05) is 13.2 Å². The van der Waals surface area contributed by atoms with Gasteiger partial charge >= 0.3 is 0 Å². The van der Waals surface area contributed by atoms with E-state index in [-0.39, 0.29) is 0 Å². The van der Waals surface area contributed by atoms with Gasteiger partial charge in [-0.15, -0.1) is 0 Å². The third-order valence-electron chi connectivity index (χ3n) is 2.84. The van der Waals surface area contributed by atoms with Crippen molar-refractivity contribution in [3.8, 4) is 0 Å². The second-order valence-corrected chi connectivity index (χ2v) is 4.85. The molecule has 0 aromatic heterocycles. The average molecular weight is 171 g/mol. The van der Waals surface area contributed by atoms with Gasteiger partial charge in [0, 0.05) is 19.2 Å². The molecule has 2 nitrogen and oxygen atoms in total. The molecule has 1 rings (SSSR count). The smallest absolute Gasteiger partial charge is 0.0445 e. The Bertz CT molecular complexity index is 145. The van der Waals surface area contributed by atoms with Gasteiger partial charge in [0.25, 0.3) is 0 Å². The number of hydrogen-bond donors (Lipinski definition) is 2. The van der Waals surface area contributed by atoms with Crippen molar-refractivity contribution >= 4 is 0 Å². The van der Waals surface area contributed by atoms with E-state index in [1.54, 1.807) is 0 Å². The van der Waals surface area contributed by atoms with Crippen molar-refractivity contribution < 1.29 is 5.11 Å². The molecule has 1 aliphatic rings. The van der Waals surface area contributed by atoms with Crippen molar-refractivity contribution in [2.45, 2.75) is 39.7 Å². The Balaban J connectivity index is 2.42. The van der Waals surface area contributed by atoms with Crippen LogP contribution >= 0.6 is 0 Å². The van der Waals surface area contributed by atoms with E-state index < -0.39 is 0 Å². The summed E-state index contributed by atoms with van der Waals surface area (Å²) in [6.45, 7) is 8.26. The first-order chi connectivity index (χ1) is 5.55. The molecular weight excluding hydrogens is 150 g/mol. The van der Waals surface area contributed by atoms with Crippen LogP contribution in [0.1, 0.15) is 33.6 Å². The highest BCUT2D eigenvalue weighted by molar-refractivity contribution is 4.87. The Hall–Kier alpha value is -0.0800. The number of piperidine rings is 1. The summed E-state index contributed by atoms with van der Waals surface area (Å²) in [7, 11) is 0. The predicted molar refractivity (Wildman–Crippen MR) is 51.1 cm³/mol. The summed E-state index contributed by atoms with van der Waals surface area (Å²) in [5, 5.41) is 12.3. The average Bonchev–Trinajstić information content (AvgIpc) is 1.94. The van der Waals surface area contributed by atoms with Gasteiger partial charge in [-0.3, -0.25) is 0 Å². The van der Waals surface area contributed by atoms with Crippen LogP contribution in [-0.4, -0.2) is 24.3 Å². The highest BCUT2D eigenvalue weighted by Gasteiger charge is 2.31.